The number of aromatic nitrogens is 5. The van der Waals surface area contributed by atoms with Gasteiger partial charge in [0.15, 0.2) is 5.65 Å². The topological polar surface area (TPSA) is 96.3 Å². The minimum absolute atomic E-state index is 0.466. The van der Waals surface area contributed by atoms with Crippen LogP contribution < -0.4 is 5.73 Å². The molecule has 0 aliphatic rings. The van der Waals surface area contributed by atoms with Crippen molar-refractivity contribution >= 4 is 17.0 Å². The third-order valence-corrected chi connectivity index (χ3v) is 2.14. The average Bonchev–Trinajstić information content (AvgIpc) is 2.84. The van der Waals surface area contributed by atoms with E-state index >= 15 is 0 Å². The number of pyridine rings is 1. The van der Waals surface area contributed by atoms with Gasteiger partial charge in [0.1, 0.15) is 11.6 Å². The molecule has 0 aromatic carbocycles. The summed E-state index contributed by atoms with van der Waals surface area (Å²) in [6.07, 6.45) is 3.46. The maximum Gasteiger partial charge on any atom is 0.180 e. The highest BCUT2D eigenvalue weighted by Gasteiger charge is 2.06. The van der Waals surface area contributed by atoms with E-state index in [2.05, 4.69) is 25.1 Å². The zero-order valence-electron chi connectivity index (χ0n) is 7.73. The van der Waals surface area contributed by atoms with E-state index in [4.69, 9.17) is 5.73 Å². The van der Waals surface area contributed by atoms with Gasteiger partial charge in [-0.3, -0.25) is 5.10 Å². The first-order chi connectivity index (χ1) is 7.33. The molecule has 6 nitrogen and oxygen atoms in total. The van der Waals surface area contributed by atoms with Gasteiger partial charge in [-0.1, -0.05) is 0 Å². The first-order valence-electron chi connectivity index (χ1n) is 4.44. The molecule has 74 valence electrons. The Bertz CT molecular complexity index is 594. The van der Waals surface area contributed by atoms with Crippen molar-refractivity contribution in [2.24, 2.45) is 0 Å². The second-order valence-electron chi connectivity index (χ2n) is 3.18. The van der Waals surface area contributed by atoms with E-state index in [1.165, 1.54) is 0 Å². The van der Waals surface area contributed by atoms with Crippen molar-refractivity contribution in [3.63, 3.8) is 0 Å². The van der Waals surface area contributed by atoms with Gasteiger partial charge in [-0.25, -0.2) is 9.97 Å². The Morgan fingerprint density at radius 2 is 2.13 bits per heavy atom. The number of nitrogens with two attached hydrogens (primary N) is 1. The largest absolute Gasteiger partial charge is 0.384 e. The van der Waals surface area contributed by atoms with Crippen LogP contribution in [0, 0.1) is 0 Å². The monoisotopic (exact) mass is 200 g/mol. The van der Waals surface area contributed by atoms with Crippen molar-refractivity contribution in [3.05, 3.63) is 24.5 Å². The van der Waals surface area contributed by atoms with E-state index in [0.717, 1.165) is 16.9 Å². The Kier molecular flexibility index (Phi) is 1.49. The van der Waals surface area contributed by atoms with Gasteiger partial charge in [-0.2, -0.15) is 5.10 Å². The lowest BCUT2D eigenvalue weighted by molar-refractivity contribution is 1.09. The number of imidazole rings is 1. The standard InChI is InChI=1S/C9H8N6/c10-7-2-1-6-9(14-7)15-8(13-6)5-3-11-12-4-5/h1-4H,(H,11,12)(H3,10,13,14,15). The second-order valence-corrected chi connectivity index (χ2v) is 3.18. The number of hydrogen-bond acceptors (Lipinski definition) is 4. The lowest BCUT2D eigenvalue weighted by atomic mass is 10.3. The van der Waals surface area contributed by atoms with E-state index < -0.39 is 0 Å². The van der Waals surface area contributed by atoms with Crippen LogP contribution in [0.25, 0.3) is 22.6 Å². The zero-order valence-corrected chi connectivity index (χ0v) is 7.73. The molecule has 0 bridgehead atoms. The van der Waals surface area contributed by atoms with Crippen LogP contribution in [-0.4, -0.2) is 25.1 Å². The molecule has 6 heteroatoms. The van der Waals surface area contributed by atoms with E-state index in [1.54, 1.807) is 18.5 Å². The van der Waals surface area contributed by atoms with Gasteiger partial charge in [0.2, 0.25) is 0 Å². The van der Waals surface area contributed by atoms with Crippen molar-refractivity contribution in [1.29, 1.82) is 0 Å². The molecule has 3 rings (SSSR count). The highest BCUT2D eigenvalue weighted by atomic mass is 15.1. The molecule has 4 N–H and O–H groups in total. The third kappa shape index (κ3) is 1.23. The van der Waals surface area contributed by atoms with Crippen LogP contribution in [0.5, 0.6) is 0 Å². The molecule has 0 aliphatic heterocycles. The van der Waals surface area contributed by atoms with Crippen molar-refractivity contribution < 1.29 is 0 Å². The molecule has 0 saturated carbocycles. The quantitative estimate of drug-likeness (QED) is 0.544. The molecule has 0 saturated heterocycles. The number of anilines is 1. The molecule has 3 aromatic rings. The van der Waals surface area contributed by atoms with Gasteiger partial charge in [0.05, 0.1) is 17.3 Å². The van der Waals surface area contributed by atoms with Crippen LogP contribution in [0.1, 0.15) is 0 Å². The van der Waals surface area contributed by atoms with Crippen LogP contribution in [0.3, 0.4) is 0 Å². The molecule has 0 unspecified atom stereocenters. The number of rotatable bonds is 1. The Hall–Kier alpha value is -2.37. The summed E-state index contributed by atoms with van der Waals surface area (Å²) < 4.78 is 0. The SMILES string of the molecule is Nc1ccc2[nH]c(-c3cn[nH]c3)nc2n1. The number of hydrogen-bond donors (Lipinski definition) is 3. The fraction of sp³-hybridized carbons (Fsp3) is 0. The molecule has 3 aromatic heterocycles. The Morgan fingerprint density at radius 1 is 1.20 bits per heavy atom. The van der Waals surface area contributed by atoms with Crippen LogP contribution >= 0.6 is 0 Å². The van der Waals surface area contributed by atoms with Gasteiger partial charge in [0.25, 0.3) is 0 Å². The smallest absolute Gasteiger partial charge is 0.180 e. The molecule has 0 amide bonds. The highest BCUT2D eigenvalue weighted by Crippen LogP contribution is 2.18. The molecular formula is C9H8N6. The van der Waals surface area contributed by atoms with E-state index in [0.29, 0.717) is 11.5 Å². The predicted octanol–water partition coefficient (Wildman–Crippen LogP) is 0.930. The van der Waals surface area contributed by atoms with Crippen LogP contribution in [-0.2, 0) is 0 Å². The number of fused-ring (bicyclic) bond motifs is 1. The van der Waals surface area contributed by atoms with E-state index in [1.807, 2.05) is 6.07 Å². The lowest BCUT2D eigenvalue weighted by Gasteiger charge is -1.88. The molecule has 15 heavy (non-hydrogen) atoms. The summed E-state index contributed by atoms with van der Waals surface area (Å²) in [4.78, 5) is 11.6. The van der Waals surface area contributed by atoms with Crippen molar-refractivity contribution in [3.8, 4) is 11.4 Å². The molecule has 0 fully saturated rings. The number of nitrogens with one attached hydrogen (secondary N) is 2. The maximum atomic E-state index is 5.57. The highest BCUT2D eigenvalue weighted by molar-refractivity contribution is 5.76. The summed E-state index contributed by atoms with van der Waals surface area (Å²) in [6.45, 7) is 0. The fourth-order valence-electron chi connectivity index (χ4n) is 1.42. The first kappa shape index (κ1) is 7.98. The maximum absolute atomic E-state index is 5.57. The molecule has 0 atom stereocenters. The Morgan fingerprint density at radius 3 is 2.93 bits per heavy atom. The van der Waals surface area contributed by atoms with Crippen LogP contribution in [0.15, 0.2) is 24.5 Å². The summed E-state index contributed by atoms with van der Waals surface area (Å²) in [7, 11) is 0. The lowest BCUT2D eigenvalue weighted by Crippen LogP contribution is -1.88. The van der Waals surface area contributed by atoms with Crippen molar-refractivity contribution in [1.82, 2.24) is 25.1 Å². The normalized spacial score (nSPS) is 10.9. The summed E-state index contributed by atoms with van der Waals surface area (Å²) in [6, 6.07) is 3.59. The number of H-pyrrole nitrogens is 2. The summed E-state index contributed by atoms with van der Waals surface area (Å²) >= 11 is 0. The minimum atomic E-state index is 0.466. The zero-order chi connectivity index (χ0) is 10.3. The Labute approximate surface area is 84.6 Å². The summed E-state index contributed by atoms with van der Waals surface area (Å²) in [5.74, 6) is 1.20. The van der Waals surface area contributed by atoms with Crippen LogP contribution in [0.4, 0.5) is 5.82 Å². The van der Waals surface area contributed by atoms with Gasteiger partial charge < -0.3 is 10.7 Å². The second kappa shape index (κ2) is 2.81. The van der Waals surface area contributed by atoms with Gasteiger partial charge in [-0.05, 0) is 12.1 Å². The fourth-order valence-corrected chi connectivity index (χ4v) is 1.42. The van der Waals surface area contributed by atoms with E-state index in [9.17, 15) is 0 Å². The number of nitrogens with zero attached hydrogens (tertiary/aromatic N) is 3. The number of nitrogen functional groups attached to an aromatic ring is 1. The molecule has 0 radical (unpaired) electrons. The number of aromatic amines is 2. The molecular weight excluding hydrogens is 192 g/mol. The molecule has 0 aliphatic carbocycles. The Balaban J connectivity index is 2.22. The van der Waals surface area contributed by atoms with Gasteiger partial charge in [0, 0.05) is 6.20 Å². The third-order valence-electron chi connectivity index (χ3n) is 2.14. The summed E-state index contributed by atoms with van der Waals surface area (Å²) in [5, 5.41) is 6.59. The van der Waals surface area contributed by atoms with Gasteiger partial charge in [-0.15, -0.1) is 0 Å². The minimum Gasteiger partial charge on any atom is -0.384 e. The van der Waals surface area contributed by atoms with Crippen LogP contribution in [0.2, 0.25) is 0 Å². The van der Waals surface area contributed by atoms with Crippen molar-refractivity contribution in [2.75, 3.05) is 5.73 Å². The first-order valence-corrected chi connectivity index (χ1v) is 4.44. The van der Waals surface area contributed by atoms with Gasteiger partial charge >= 0.3 is 0 Å². The van der Waals surface area contributed by atoms with E-state index in [-0.39, 0.29) is 0 Å². The molecule has 3 heterocycles. The predicted molar refractivity (Wildman–Crippen MR) is 55.9 cm³/mol. The molecule has 0 spiro atoms. The average molecular weight is 200 g/mol. The summed E-state index contributed by atoms with van der Waals surface area (Å²) in [5.41, 5.74) is 7.94. The van der Waals surface area contributed by atoms with Crippen molar-refractivity contribution in [2.45, 2.75) is 0 Å².